The molecule has 3 aromatic carbocycles. The van der Waals surface area contributed by atoms with E-state index in [1.165, 1.54) is 19.8 Å². The molecule has 0 radical (unpaired) electrons. The maximum Gasteiger partial charge on any atom is 0.407 e. The van der Waals surface area contributed by atoms with Crippen molar-refractivity contribution >= 4 is 23.6 Å². The normalized spacial score (nSPS) is 13.7. The summed E-state index contributed by atoms with van der Waals surface area (Å²) in [6.45, 7) is 7.14. The number of ether oxygens (including phenoxy) is 3. The fourth-order valence-corrected chi connectivity index (χ4v) is 5.04. The number of amides is 3. The molecule has 0 saturated carbocycles. The number of anilines is 1. The second-order valence-electron chi connectivity index (χ2n) is 11.2. The monoisotopic (exact) mass is 573 g/mol. The Kier molecular flexibility index (Phi) is 9.72. The minimum Gasteiger partial charge on any atom is -0.493 e. The zero-order valence-electron chi connectivity index (χ0n) is 24.9. The number of para-hydroxylation sites is 1. The van der Waals surface area contributed by atoms with Crippen molar-refractivity contribution < 1.29 is 28.6 Å². The molecule has 0 atom stereocenters. The molecule has 4 rings (SSSR count). The van der Waals surface area contributed by atoms with Gasteiger partial charge in [0.15, 0.2) is 11.5 Å². The Hall–Kier alpha value is -4.53. The van der Waals surface area contributed by atoms with Gasteiger partial charge < -0.3 is 29.7 Å². The highest BCUT2D eigenvalue weighted by atomic mass is 16.6. The van der Waals surface area contributed by atoms with Crippen molar-refractivity contribution in [1.82, 2.24) is 10.2 Å². The number of carbonyl (C=O) groups is 3. The number of nitrogens with one attached hydrogen (secondary N) is 2. The average Bonchev–Trinajstić information content (AvgIpc) is 2.98. The van der Waals surface area contributed by atoms with E-state index >= 15 is 0 Å². The number of nitrogens with zero attached hydrogens (tertiary/aromatic N) is 1. The fourth-order valence-electron chi connectivity index (χ4n) is 5.04. The first-order chi connectivity index (χ1) is 20.1. The molecule has 1 aliphatic rings. The van der Waals surface area contributed by atoms with E-state index < -0.39 is 11.7 Å². The minimum absolute atomic E-state index is 0.0705. The summed E-state index contributed by atoms with van der Waals surface area (Å²) < 4.78 is 16.0. The predicted molar refractivity (Wildman–Crippen MR) is 161 cm³/mol. The lowest BCUT2D eigenvalue weighted by atomic mass is 9.88. The molecular formula is C33H39N3O6. The van der Waals surface area contributed by atoms with Crippen molar-refractivity contribution in [3.63, 3.8) is 0 Å². The summed E-state index contributed by atoms with van der Waals surface area (Å²) in [5, 5.41) is 5.68. The fraction of sp³-hybridized carbons (Fsp3) is 0.364. The Morgan fingerprint density at radius 2 is 1.62 bits per heavy atom. The quantitative estimate of drug-likeness (QED) is 0.342. The maximum absolute atomic E-state index is 13.4. The van der Waals surface area contributed by atoms with Gasteiger partial charge in [-0.2, -0.15) is 0 Å². The van der Waals surface area contributed by atoms with Crippen molar-refractivity contribution in [3.8, 4) is 11.5 Å². The molecule has 9 heteroatoms. The number of piperidine rings is 1. The van der Waals surface area contributed by atoms with Gasteiger partial charge in [0.25, 0.3) is 11.8 Å². The van der Waals surface area contributed by atoms with E-state index in [2.05, 4.69) is 22.8 Å². The standard InChI is InChI=1S/C33H39N3O6/c1-33(2,3)42-32(39)34-21-22-9-6-10-24(19-22)23-15-17-36(18-16-23)31(38)25-11-7-12-26(20-25)35-30(37)27-13-8-14-28(40-4)29(27)41-5/h6-14,19-20,23H,15-18,21H2,1-5H3,(H,34,39)(H,35,37). The molecule has 0 aliphatic carbocycles. The van der Waals surface area contributed by atoms with Crippen LogP contribution < -0.4 is 20.1 Å². The molecule has 1 aliphatic heterocycles. The number of carbonyl (C=O) groups excluding carboxylic acids is 3. The van der Waals surface area contributed by atoms with Gasteiger partial charge in [0.05, 0.1) is 19.8 Å². The molecule has 0 unspecified atom stereocenters. The largest absolute Gasteiger partial charge is 0.493 e. The van der Waals surface area contributed by atoms with Gasteiger partial charge in [-0.15, -0.1) is 0 Å². The molecule has 222 valence electrons. The molecule has 0 spiro atoms. The molecule has 3 amide bonds. The van der Waals surface area contributed by atoms with E-state index in [9.17, 15) is 14.4 Å². The van der Waals surface area contributed by atoms with Gasteiger partial charge in [0, 0.05) is 30.9 Å². The molecule has 1 heterocycles. The SMILES string of the molecule is COc1cccc(C(=O)Nc2cccc(C(=O)N3CCC(c4cccc(CNC(=O)OC(C)(C)C)c4)CC3)c2)c1OC. The molecule has 0 bridgehead atoms. The maximum atomic E-state index is 13.4. The Morgan fingerprint density at radius 1 is 0.905 bits per heavy atom. The van der Waals surface area contributed by atoms with E-state index in [4.69, 9.17) is 14.2 Å². The zero-order valence-corrected chi connectivity index (χ0v) is 24.9. The van der Waals surface area contributed by atoms with Gasteiger partial charge in [0.1, 0.15) is 5.60 Å². The summed E-state index contributed by atoms with van der Waals surface area (Å²) >= 11 is 0. The Morgan fingerprint density at radius 3 is 2.31 bits per heavy atom. The molecule has 42 heavy (non-hydrogen) atoms. The lowest BCUT2D eigenvalue weighted by Crippen LogP contribution is -2.38. The third-order valence-corrected chi connectivity index (χ3v) is 7.06. The van der Waals surface area contributed by atoms with Gasteiger partial charge >= 0.3 is 6.09 Å². The van der Waals surface area contributed by atoms with Crippen molar-refractivity contribution in [2.24, 2.45) is 0 Å². The van der Waals surface area contributed by atoms with Crippen LogP contribution in [0.4, 0.5) is 10.5 Å². The number of likely N-dealkylation sites (tertiary alicyclic amines) is 1. The van der Waals surface area contributed by atoms with E-state index in [0.29, 0.717) is 53.9 Å². The second kappa shape index (κ2) is 13.4. The Balaban J connectivity index is 1.34. The van der Waals surface area contributed by atoms with Crippen LogP contribution in [0.1, 0.15) is 71.4 Å². The topological polar surface area (TPSA) is 106 Å². The van der Waals surface area contributed by atoms with Crippen LogP contribution in [0.5, 0.6) is 11.5 Å². The first-order valence-electron chi connectivity index (χ1n) is 14.1. The number of hydrogen-bond acceptors (Lipinski definition) is 6. The first kappa shape index (κ1) is 30.4. The van der Waals surface area contributed by atoms with Gasteiger partial charge in [-0.05, 0) is 81.0 Å². The third-order valence-electron chi connectivity index (χ3n) is 7.06. The van der Waals surface area contributed by atoms with E-state index in [-0.39, 0.29) is 11.8 Å². The first-order valence-corrected chi connectivity index (χ1v) is 14.1. The van der Waals surface area contributed by atoms with Gasteiger partial charge in [-0.3, -0.25) is 9.59 Å². The van der Waals surface area contributed by atoms with E-state index in [1.807, 2.05) is 37.8 Å². The summed E-state index contributed by atoms with van der Waals surface area (Å²) in [4.78, 5) is 40.2. The van der Waals surface area contributed by atoms with E-state index in [0.717, 1.165) is 18.4 Å². The summed E-state index contributed by atoms with van der Waals surface area (Å²) in [5.74, 6) is 0.691. The van der Waals surface area contributed by atoms with Crippen molar-refractivity contribution in [3.05, 3.63) is 89.0 Å². The van der Waals surface area contributed by atoms with Crippen LogP contribution in [0, 0.1) is 0 Å². The Labute approximate surface area is 247 Å². The number of alkyl carbamates (subject to hydrolysis) is 1. The minimum atomic E-state index is -0.544. The highest BCUT2D eigenvalue weighted by molar-refractivity contribution is 6.07. The van der Waals surface area contributed by atoms with Crippen LogP contribution in [0.25, 0.3) is 0 Å². The Bertz CT molecular complexity index is 1420. The highest BCUT2D eigenvalue weighted by Crippen LogP contribution is 2.32. The van der Waals surface area contributed by atoms with Gasteiger partial charge in [-0.1, -0.05) is 36.4 Å². The molecule has 3 aromatic rings. The van der Waals surface area contributed by atoms with Crippen LogP contribution in [-0.4, -0.2) is 55.7 Å². The molecular weight excluding hydrogens is 534 g/mol. The number of benzene rings is 3. The lowest BCUT2D eigenvalue weighted by Gasteiger charge is -2.32. The number of methoxy groups -OCH3 is 2. The summed E-state index contributed by atoms with van der Waals surface area (Å²) in [5.41, 5.74) is 3.02. The predicted octanol–water partition coefficient (Wildman–Crippen LogP) is 6.00. The highest BCUT2D eigenvalue weighted by Gasteiger charge is 2.25. The molecule has 1 fully saturated rings. The van der Waals surface area contributed by atoms with Crippen LogP contribution in [0.2, 0.25) is 0 Å². The molecule has 1 saturated heterocycles. The van der Waals surface area contributed by atoms with E-state index in [1.54, 1.807) is 42.5 Å². The lowest BCUT2D eigenvalue weighted by molar-refractivity contribution is 0.0523. The summed E-state index contributed by atoms with van der Waals surface area (Å²) in [6.07, 6.45) is 1.23. The van der Waals surface area contributed by atoms with Gasteiger partial charge in [0.2, 0.25) is 0 Å². The average molecular weight is 574 g/mol. The van der Waals surface area contributed by atoms with Crippen LogP contribution in [0.15, 0.2) is 66.7 Å². The summed E-state index contributed by atoms with van der Waals surface area (Å²) in [6, 6.07) is 20.3. The second-order valence-corrected chi connectivity index (χ2v) is 11.2. The molecule has 2 N–H and O–H groups in total. The summed E-state index contributed by atoms with van der Waals surface area (Å²) in [7, 11) is 3.00. The molecule has 0 aromatic heterocycles. The number of rotatable bonds is 8. The van der Waals surface area contributed by atoms with Crippen LogP contribution in [-0.2, 0) is 11.3 Å². The van der Waals surface area contributed by atoms with Crippen LogP contribution >= 0.6 is 0 Å². The third kappa shape index (κ3) is 7.81. The van der Waals surface area contributed by atoms with Crippen LogP contribution in [0.3, 0.4) is 0 Å². The van der Waals surface area contributed by atoms with Crippen molar-refractivity contribution in [1.29, 1.82) is 0 Å². The van der Waals surface area contributed by atoms with Crippen molar-refractivity contribution in [2.75, 3.05) is 32.6 Å². The zero-order chi connectivity index (χ0) is 30.3. The van der Waals surface area contributed by atoms with Crippen molar-refractivity contribution in [2.45, 2.75) is 51.7 Å². The number of hydrogen-bond donors (Lipinski definition) is 2. The van der Waals surface area contributed by atoms with Gasteiger partial charge in [-0.25, -0.2) is 4.79 Å². The smallest absolute Gasteiger partial charge is 0.407 e. The molecule has 9 nitrogen and oxygen atoms in total.